The summed E-state index contributed by atoms with van der Waals surface area (Å²) in [6, 6.07) is 7.95. The Labute approximate surface area is 112 Å². The van der Waals surface area contributed by atoms with Crippen LogP contribution < -0.4 is 10.6 Å². The minimum Gasteiger partial charge on any atom is -0.353 e. The Kier molecular flexibility index (Phi) is 3.21. The Morgan fingerprint density at radius 1 is 1.26 bits per heavy atom. The Hall–Kier alpha value is -1.88. The third-order valence-electron chi connectivity index (χ3n) is 3.75. The van der Waals surface area contributed by atoms with Gasteiger partial charge in [-0.1, -0.05) is 24.3 Å². The zero-order valence-electron chi connectivity index (χ0n) is 10.7. The van der Waals surface area contributed by atoms with Crippen LogP contribution in [0, 0.1) is 0 Å². The highest BCUT2D eigenvalue weighted by Gasteiger charge is 2.29. The second-order valence-electron chi connectivity index (χ2n) is 5.02. The van der Waals surface area contributed by atoms with Gasteiger partial charge in [-0.3, -0.25) is 14.9 Å². The van der Waals surface area contributed by atoms with Crippen molar-refractivity contribution in [1.29, 1.82) is 0 Å². The SMILES string of the molecule is O=C1CNC(C(=O)N2CCc3ccccc3C2)CN1. The predicted molar refractivity (Wildman–Crippen MR) is 70.4 cm³/mol. The molecule has 0 spiro atoms. The fraction of sp³-hybridized carbons (Fsp3) is 0.429. The summed E-state index contributed by atoms with van der Waals surface area (Å²) < 4.78 is 0. The lowest BCUT2D eigenvalue weighted by Gasteiger charge is -2.33. The average molecular weight is 259 g/mol. The van der Waals surface area contributed by atoms with Crippen LogP contribution in [0.15, 0.2) is 24.3 Å². The average Bonchev–Trinajstić information content (AvgIpc) is 2.47. The molecule has 0 aliphatic carbocycles. The first-order valence-electron chi connectivity index (χ1n) is 6.60. The number of fused-ring (bicyclic) bond motifs is 1. The van der Waals surface area contributed by atoms with Gasteiger partial charge in [0.2, 0.25) is 11.8 Å². The quantitative estimate of drug-likeness (QED) is 0.725. The molecule has 0 aromatic heterocycles. The van der Waals surface area contributed by atoms with E-state index in [1.165, 1.54) is 11.1 Å². The highest BCUT2D eigenvalue weighted by atomic mass is 16.2. The molecule has 2 aliphatic rings. The van der Waals surface area contributed by atoms with Crippen LogP contribution in [0.1, 0.15) is 11.1 Å². The number of hydrogen-bond donors (Lipinski definition) is 2. The Morgan fingerprint density at radius 3 is 2.79 bits per heavy atom. The van der Waals surface area contributed by atoms with Crippen molar-refractivity contribution in [3.8, 4) is 0 Å². The molecular weight excluding hydrogens is 242 g/mol. The van der Waals surface area contributed by atoms with Gasteiger partial charge < -0.3 is 10.2 Å². The third kappa shape index (κ3) is 2.46. The summed E-state index contributed by atoms with van der Waals surface area (Å²) in [5, 5.41) is 5.71. The van der Waals surface area contributed by atoms with E-state index in [2.05, 4.69) is 22.8 Å². The standard InChI is InChI=1S/C14H17N3O2/c18-13-8-15-12(7-16-13)14(19)17-6-5-10-3-1-2-4-11(10)9-17/h1-4,12,15H,5-9H2,(H,16,18). The van der Waals surface area contributed by atoms with E-state index < -0.39 is 0 Å². The van der Waals surface area contributed by atoms with Crippen LogP contribution in [0.2, 0.25) is 0 Å². The summed E-state index contributed by atoms with van der Waals surface area (Å²) in [6.45, 7) is 2.03. The minimum absolute atomic E-state index is 0.0481. The van der Waals surface area contributed by atoms with Gasteiger partial charge in [0.1, 0.15) is 6.04 Å². The minimum atomic E-state index is -0.289. The molecule has 0 bridgehead atoms. The van der Waals surface area contributed by atoms with E-state index in [1.54, 1.807) is 0 Å². The van der Waals surface area contributed by atoms with Gasteiger partial charge in [-0.05, 0) is 17.5 Å². The molecular formula is C14H17N3O2. The molecule has 3 rings (SSSR count). The van der Waals surface area contributed by atoms with Crippen LogP contribution in [0.3, 0.4) is 0 Å². The molecule has 5 heteroatoms. The van der Waals surface area contributed by atoms with Gasteiger partial charge >= 0.3 is 0 Å². The van der Waals surface area contributed by atoms with Gasteiger partial charge in [0, 0.05) is 19.6 Å². The van der Waals surface area contributed by atoms with Crippen LogP contribution in [0.5, 0.6) is 0 Å². The lowest BCUT2D eigenvalue weighted by molar-refractivity contribution is -0.135. The predicted octanol–water partition coefficient (Wildman–Crippen LogP) is -0.341. The monoisotopic (exact) mass is 259 g/mol. The number of rotatable bonds is 1. The number of carbonyl (C=O) groups is 2. The van der Waals surface area contributed by atoms with Crippen LogP contribution in [-0.2, 0) is 22.6 Å². The fourth-order valence-corrected chi connectivity index (χ4v) is 2.65. The van der Waals surface area contributed by atoms with Crippen molar-refractivity contribution in [3.63, 3.8) is 0 Å². The summed E-state index contributed by atoms with van der Waals surface area (Å²) in [5.41, 5.74) is 2.55. The van der Waals surface area contributed by atoms with Gasteiger partial charge in [0.05, 0.1) is 6.54 Å². The largest absolute Gasteiger partial charge is 0.353 e. The number of nitrogens with one attached hydrogen (secondary N) is 2. The van der Waals surface area contributed by atoms with Gasteiger partial charge in [-0.2, -0.15) is 0 Å². The summed E-state index contributed by atoms with van der Waals surface area (Å²) in [5.74, 6) is 0.0301. The molecule has 2 aliphatic heterocycles. The molecule has 2 amide bonds. The zero-order valence-corrected chi connectivity index (χ0v) is 10.7. The van der Waals surface area contributed by atoms with Crippen molar-refractivity contribution >= 4 is 11.8 Å². The first-order chi connectivity index (χ1) is 9.24. The number of amides is 2. The highest BCUT2D eigenvalue weighted by Crippen LogP contribution is 2.19. The van der Waals surface area contributed by atoms with Crippen LogP contribution in [0.4, 0.5) is 0 Å². The first kappa shape index (κ1) is 12.2. The molecule has 100 valence electrons. The molecule has 1 aromatic carbocycles. The molecule has 2 heterocycles. The van der Waals surface area contributed by atoms with Crippen LogP contribution in [0.25, 0.3) is 0 Å². The van der Waals surface area contributed by atoms with Gasteiger partial charge in [0.25, 0.3) is 0 Å². The van der Waals surface area contributed by atoms with Crippen molar-refractivity contribution < 1.29 is 9.59 Å². The van der Waals surface area contributed by atoms with Gasteiger partial charge in [0.15, 0.2) is 0 Å². The highest BCUT2D eigenvalue weighted by molar-refractivity contribution is 5.87. The Balaban J connectivity index is 1.67. The van der Waals surface area contributed by atoms with Crippen molar-refractivity contribution in [2.24, 2.45) is 0 Å². The number of benzene rings is 1. The maximum absolute atomic E-state index is 12.4. The number of nitrogens with zero attached hydrogens (tertiary/aromatic N) is 1. The summed E-state index contributed by atoms with van der Waals surface area (Å²) in [7, 11) is 0. The first-order valence-corrected chi connectivity index (χ1v) is 6.60. The molecule has 19 heavy (non-hydrogen) atoms. The lowest BCUT2D eigenvalue weighted by atomic mass is 9.99. The van der Waals surface area contributed by atoms with Gasteiger partial charge in [-0.25, -0.2) is 0 Å². The summed E-state index contributed by atoms with van der Waals surface area (Å²) in [4.78, 5) is 25.3. The molecule has 1 fully saturated rings. The second-order valence-corrected chi connectivity index (χ2v) is 5.02. The van der Waals surface area contributed by atoms with E-state index in [4.69, 9.17) is 0 Å². The number of carbonyl (C=O) groups excluding carboxylic acids is 2. The molecule has 1 aromatic rings. The summed E-state index contributed by atoms with van der Waals surface area (Å²) in [6.07, 6.45) is 0.904. The number of hydrogen-bond acceptors (Lipinski definition) is 3. The third-order valence-corrected chi connectivity index (χ3v) is 3.75. The van der Waals surface area contributed by atoms with Crippen molar-refractivity contribution in [1.82, 2.24) is 15.5 Å². The smallest absolute Gasteiger partial charge is 0.241 e. The van der Waals surface area contributed by atoms with Crippen LogP contribution in [-0.4, -0.2) is 42.4 Å². The van der Waals surface area contributed by atoms with E-state index in [-0.39, 0.29) is 24.4 Å². The topological polar surface area (TPSA) is 61.4 Å². The van der Waals surface area contributed by atoms with Crippen molar-refractivity contribution in [2.45, 2.75) is 19.0 Å². The van der Waals surface area contributed by atoms with E-state index in [0.29, 0.717) is 13.1 Å². The fourth-order valence-electron chi connectivity index (χ4n) is 2.65. The van der Waals surface area contributed by atoms with E-state index >= 15 is 0 Å². The Bertz CT molecular complexity index is 505. The van der Waals surface area contributed by atoms with E-state index in [0.717, 1.165) is 13.0 Å². The summed E-state index contributed by atoms with van der Waals surface area (Å²) >= 11 is 0. The molecule has 5 nitrogen and oxygen atoms in total. The normalized spacial score (nSPS) is 22.6. The molecule has 1 unspecified atom stereocenters. The maximum atomic E-state index is 12.4. The molecule has 0 saturated carbocycles. The molecule has 1 saturated heterocycles. The lowest BCUT2D eigenvalue weighted by Crippen LogP contribution is -2.59. The second kappa shape index (κ2) is 5.01. The Morgan fingerprint density at radius 2 is 2.05 bits per heavy atom. The zero-order chi connectivity index (χ0) is 13.2. The van der Waals surface area contributed by atoms with Crippen molar-refractivity contribution in [2.75, 3.05) is 19.6 Å². The van der Waals surface area contributed by atoms with E-state index in [1.807, 2.05) is 17.0 Å². The number of piperazine rings is 1. The van der Waals surface area contributed by atoms with E-state index in [9.17, 15) is 9.59 Å². The van der Waals surface area contributed by atoms with Crippen LogP contribution >= 0.6 is 0 Å². The van der Waals surface area contributed by atoms with Gasteiger partial charge in [-0.15, -0.1) is 0 Å². The molecule has 1 atom stereocenters. The molecule has 2 N–H and O–H groups in total. The maximum Gasteiger partial charge on any atom is 0.241 e. The van der Waals surface area contributed by atoms with Crippen molar-refractivity contribution in [3.05, 3.63) is 35.4 Å². The molecule has 0 radical (unpaired) electrons.